The first-order valence-corrected chi connectivity index (χ1v) is 9.53. The third-order valence-corrected chi connectivity index (χ3v) is 6.99. The van der Waals surface area contributed by atoms with E-state index in [-0.39, 0.29) is 10.7 Å². The highest BCUT2D eigenvalue weighted by molar-refractivity contribution is 7.89. The molecule has 22 heavy (non-hydrogen) atoms. The average Bonchev–Trinajstić information content (AvgIpc) is 2.54. The number of carbonyl (C=O) groups excluding carboxylic acids is 1. The van der Waals surface area contributed by atoms with Gasteiger partial charge in [-0.3, -0.25) is 4.79 Å². The van der Waals surface area contributed by atoms with Gasteiger partial charge >= 0.3 is 0 Å². The normalized spacial score (nSPS) is 26.4. The molecule has 5 heteroatoms. The fourth-order valence-corrected chi connectivity index (χ4v) is 5.37. The minimum atomic E-state index is -3.49. The van der Waals surface area contributed by atoms with Gasteiger partial charge < -0.3 is 0 Å². The Morgan fingerprint density at radius 2 is 1.86 bits per heavy atom. The van der Waals surface area contributed by atoms with Crippen LogP contribution < -0.4 is 0 Å². The van der Waals surface area contributed by atoms with Gasteiger partial charge in [-0.25, -0.2) is 8.42 Å². The van der Waals surface area contributed by atoms with Gasteiger partial charge in [-0.1, -0.05) is 31.4 Å². The SMILES string of the molecule is CC(=O)c1cccc(S(=O)(=O)N2CC[C@H]3CCCC[C@@H]3C2)c1. The fraction of sp³-hybridized carbons (Fsp3) is 0.588. The number of rotatable bonds is 3. The number of fused-ring (bicyclic) bond motifs is 1. The molecule has 0 amide bonds. The lowest BCUT2D eigenvalue weighted by Gasteiger charge is -2.40. The molecule has 0 unspecified atom stereocenters. The summed E-state index contributed by atoms with van der Waals surface area (Å²) < 4.78 is 27.3. The van der Waals surface area contributed by atoms with Crippen LogP contribution >= 0.6 is 0 Å². The van der Waals surface area contributed by atoms with Gasteiger partial charge in [-0.05, 0) is 43.7 Å². The van der Waals surface area contributed by atoms with E-state index in [1.54, 1.807) is 22.5 Å². The van der Waals surface area contributed by atoms with Gasteiger partial charge in [-0.15, -0.1) is 0 Å². The Hall–Kier alpha value is -1.20. The topological polar surface area (TPSA) is 54.5 Å². The Morgan fingerprint density at radius 1 is 1.14 bits per heavy atom. The van der Waals surface area contributed by atoms with Crippen LogP contribution in [0.3, 0.4) is 0 Å². The fourth-order valence-electron chi connectivity index (χ4n) is 3.81. The molecule has 2 fully saturated rings. The Labute approximate surface area is 132 Å². The number of carbonyl (C=O) groups is 1. The van der Waals surface area contributed by atoms with Crippen LogP contribution in [0.15, 0.2) is 29.2 Å². The molecule has 0 spiro atoms. The van der Waals surface area contributed by atoms with E-state index in [0.29, 0.717) is 30.5 Å². The zero-order valence-electron chi connectivity index (χ0n) is 13.0. The summed E-state index contributed by atoms with van der Waals surface area (Å²) in [6.45, 7) is 2.70. The van der Waals surface area contributed by atoms with Crippen molar-refractivity contribution < 1.29 is 13.2 Å². The molecule has 1 saturated carbocycles. The highest BCUT2D eigenvalue weighted by Crippen LogP contribution is 2.37. The summed E-state index contributed by atoms with van der Waals surface area (Å²) >= 11 is 0. The molecule has 1 saturated heterocycles. The van der Waals surface area contributed by atoms with Crippen molar-refractivity contribution in [3.63, 3.8) is 0 Å². The number of hydrogen-bond acceptors (Lipinski definition) is 3. The van der Waals surface area contributed by atoms with E-state index in [9.17, 15) is 13.2 Å². The van der Waals surface area contributed by atoms with E-state index in [1.165, 1.54) is 32.3 Å². The summed E-state index contributed by atoms with van der Waals surface area (Å²) in [4.78, 5) is 11.7. The minimum Gasteiger partial charge on any atom is -0.295 e. The summed E-state index contributed by atoms with van der Waals surface area (Å²) in [5.41, 5.74) is 0.452. The number of piperidine rings is 1. The van der Waals surface area contributed by atoms with Crippen LogP contribution in [-0.2, 0) is 10.0 Å². The molecule has 1 aliphatic heterocycles. The van der Waals surface area contributed by atoms with Gasteiger partial charge in [0.25, 0.3) is 0 Å². The van der Waals surface area contributed by atoms with Crippen LogP contribution in [-0.4, -0.2) is 31.6 Å². The van der Waals surface area contributed by atoms with Crippen LogP contribution in [0.1, 0.15) is 49.4 Å². The number of sulfonamides is 1. The van der Waals surface area contributed by atoms with Crippen molar-refractivity contribution in [1.29, 1.82) is 0 Å². The average molecular weight is 321 g/mol. The second-order valence-corrected chi connectivity index (χ2v) is 8.48. The number of ketones is 1. The second kappa shape index (κ2) is 6.13. The Kier molecular flexibility index (Phi) is 4.37. The second-order valence-electron chi connectivity index (χ2n) is 6.54. The van der Waals surface area contributed by atoms with Crippen molar-refractivity contribution in [2.75, 3.05) is 13.1 Å². The largest absolute Gasteiger partial charge is 0.295 e. The van der Waals surface area contributed by atoms with Crippen LogP contribution in [0.25, 0.3) is 0 Å². The zero-order valence-corrected chi connectivity index (χ0v) is 13.8. The molecule has 0 N–H and O–H groups in total. The third-order valence-electron chi connectivity index (χ3n) is 5.13. The monoisotopic (exact) mass is 321 g/mol. The van der Waals surface area contributed by atoms with Crippen LogP contribution in [0, 0.1) is 11.8 Å². The maximum absolute atomic E-state index is 12.9. The first-order chi connectivity index (χ1) is 10.5. The first kappa shape index (κ1) is 15.7. The van der Waals surface area contributed by atoms with E-state index in [0.717, 1.165) is 12.8 Å². The molecule has 0 radical (unpaired) electrons. The van der Waals surface area contributed by atoms with E-state index in [4.69, 9.17) is 0 Å². The van der Waals surface area contributed by atoms with E-state index in [1.807, 2.05) is 0 Å². The highest BCUT2D eigenvalue weighted by Gasteiger charge is 2.36. The summed E-state index contributed by atoms with van der Waals surface area (Å²) in [5.74, 6) is 1.10. The van der Waals surface area contributed by atoms with Crippen LogP contribution in [0.5, 0.6) is 0 Å². The number of hydrogen-bond donors (Lipinski definition) is 0. The molecule has 1 aromatic carbocycles. The summed E-state index contributed by atoms with van der Waals surface area (Å²) in [7, 11) is -3.49. The lowest BCUT2D eigenvalue weighted by atomic mass is 9.76. The molecule has 0 aromatic heterocycles. The quantitative estimate of drug-likeness (QED) is 0.804. The maximum Gasteiger partial charge on any atom is 0.243 e. The van der Waals surface area contributed by atoms with Crippen molar-refractivity contribution in [2.24, 2.45) is 11.8 Å². The Balaban J connectivity index is 1.83. The molecule has 120 valence electrons. The first-order valence-electron chi connectivity index (χ1n) is 8.09. The summed E-state index contributed by atoms with van der Waals surface area (Å²) in [5, 5.41) is 0. The standard InChI is InChI=1S/C17H23NO3S/c1-13(19)15-7-4-8-17(11-15)22(20,21)18-10-9-14-5-2-3-6-16(14)12-18/h4,7-8,11,14,16H,2-3,5-6,9-10,12H2,1H3/t14-,16-/m1/s1. The van der Waals surface area contributed by atoms with Crippen molar-refractivity contribution >= 4 is 15.8 Å². The van der Waals surface area contributed by atoms with Crippen LogP contribution in [0.2, 0.25) is 0 Å². The molecule has 2 atom stereocenters. The van der Waals surface area contributed by atoms with Gasteiger partial charge in [0, 0.05) is 18.7 Å². The van der Waals surface area contributed by atoms with Gasteiger partial charge in [0.2, 0.25) is 10.0 Å². The molecule has 1 heterocycles. The van der Waals surface area contributed by atoms with Gasteiger partial charge in [0.1, 0.15) is 0 Å². The number of benzene rings is 1. The highest BCUT2D eigenvalue weighted by atomic mass is 32.2. The number of Topliss-reactive ketones (excluding diaryl/α,β-unsaturated/α-hetero) is 1. The van der Waals surface area contributed by atoms with Gasteiger partial charge in [0.15, 0.2) is 5.78 Å². The Bertz CT molecular complexity index is 668. The predicted molar refractivity (Wildman–Crippen MR) is 85.3 cm³/mol. The van der Waals surface area contributed by atoms with E-state index >= 15 is 0 Å². The predicted octanol–water partition coefficient (Wildman–Crippen LogP) is 3.09. The molecule has 0 bridgehead atoms. The van der Waals surface area contributed by atoms with E-state index in [2.05, 4.69) is 0 Å². The van der Waals surface area contributed by atoms with E-state index < -0.39 is 10.0 Å². The number of nitrogens with zero attached hydrogens (tertiary/aromatic N) is 1. The molecule has 1 aromatic rings. The van der Waals surface area contributed by atoms with Crippen molar-refractivity contribution in [2.45, 2.75) is 43.9 Å². The third kappa shape index (κ3) is 2.97. The summed E-state index contributed by atoms with van der Waals surface area (Å²) in [6.07, 6.45) is 5.86. The van der Waals surface area contributed by atoms with Crippen molar-refractivity contribution in [3.05, 3.63) is 29.8 Å². The smallest absolute Gasteiger partial charge is 0.243 e. The molecule has 3 rings (SSSR count). The molecule has 2 aliphatic rings. The maximum atomic E-state index is 12.9. The minimum absolute atomic E-state index is 0.108. The van der Waals surface area contributed by atoms with Crippen molar-refractivity contribution in [1.82, 2.24) is 4.31 Å². The molecular weight excluding hydrogens is 298 g/mol. The van der Waals surface area contributed by atoms with Gasteiger partial charge in [-0.2, -0.15) is 4.31 Å². The zero-order chi connectivity index (χ0) is 15.7. The lowest BCUT2D eigenvalue weighted by molar-refractivity contribution is 0.101. The molecule has 4 nitrogen and oxygen atoms in total. The van der Waals surface area contributed by atoms with Gasteiger partial charge in [0.05, 0.1) is 4.90 Å². The lowest BCUT2D eigenvalue weighted by Crippen LogP contribution is -2.44. The molecular formula is C17H23NO3S. The Morgan fingerprint density at radius 3 is 2.59 bits per heavy atom. The van der Waals surface area contributed by atoms with Crippen LogP contribution in [0.4, 0.5) is 0 Å². The molecule has 1 aliphatic carbocycles. The van der Waals surface area contributed by atoms with Crippen molar-refractivity contribution in [3.8, 4) is 0 Å². The summed E-state index contributed by atoms with van der Waals surface area (Å²) in [6, 6.07) is 6.41.